The molecular weight excluding hydrogens is 477 g/mol. The topological polar surface area (TPSA) is 20.3 Å². The fraction of sp³-hybridized carbons (Fsp3) is 0.190. The lowest BCUT2D eigenvalue weighted by atomic mass is 9.94. The number of piperidine rings is 1. The number of Topliss-reactive ketones (excluding diaryl/α,β-unsaturated/α-hetero) is 1. The summed E-state index contributed by atoms with van der Waals surface area (Å²) in [7, 11) is 0. The van der Waals surface area contributed by atoms with E-state index in [0.717, 1.165) is 37.8 Å². The zero-order chi connectivity index (χ0) is 17.8. The van der Waals surface area contributed by atoms with E-state index in [1.807, 2.05) is 60.7 Å². The summed E-state index contributed by atoms with van der Waals surface area (Å²) in [6.07, 6.45) is 4.01. The number of hydrogen-bond acceptors (Lipinski definition) is 2. The fourth-order valence-electron chi connectivity index (χ4n) is 2.93. The smallest absolute Gasteiger partial charge is 0.187 e. The molecule has 0 unspecified atom stereocenters. The van der Waals surface area contributed by atoms with Crippen molar-refractivity contribution < 1.29 is 4.79 Å². The van der Waals surface area contributed by atoms with E-state index in [-0.39, 0.29) is 18.2 Å². The van der Waals surface area contributed by atoms with Crippen molar-refractivity contribution in [3.8, 4) is 0 Å². The molecule has 1 aliphatic heterocycles. The van der Waals surface area contributed by atoms with Crippen LogP contribution in [0.15, 0.2) is 68.6 Å². The van der Waals surface area contributed by atoms with Crippen LogP contribution in [-0.4, -0.2) is 30.3 Å². The van der Waals surface area contributed by atoms with Gasteiger partial charge < -0.3 is 0 Å². The highest BCUT2D eigenvalue weighted by Crippen LogP contribution is 2.23. The van der Waals surface area contributed by atoms with Crippen LogP contribution in [0.3, 0.4) is 0 Å². The number of nitrogens with zero attached hydrogens (tertiary/aromatic N) is 1. The second-order valence-electron chi connectivity index (χ2n) is 6.08. The molecule has 0 spiro atoms. The molecule has 26 heavy (non-hydrogen) atoms. The van der Waals surface area contributed by atoms with Gasteiger partial charge in [0.2, 0.25) is 0 Å². The Bertz CT molecular complexity index is 793. The van der Waals surface area contributed by atoms with Gasteiger partial charge in [0.05, 0.1) is 0 Å². The van der Waals surface area contributed by atoms with Gasteiger partial charge in [0.1, 0.15) is 0 Å². The van der Waals surface area contributed by atoms with Gasteiger partial charge in [-0.3, -0.25) is 9.69 Å². The molecule has 0 bridgehead atoms. The summed E-state index contributed by atoms with van der Waals surface area (Å²) in [5.41, 5.74) is 3.76. The van der Waals surface area contributed by atoms with Crippen molar-refractivity contribution in [2.24, 2.45) is 0 Å². The first-order valence-corrected chi connectivity index (χ1v) is 9.83. The lowest BCUT2D eigenvalue weighted by molar-refractivity contribution is -0.113. The average molecular weight is 498 g/mol. The fourth-order valence-corrected chi connectivity index (χ4v) is 3.76. The van der Waals surface area contributed by atoms with Gasteiger partial charge in [-0.2, -0.15) is 0 Å². The number of carbonyl (C=O) groups excluding carboxylic acids is 1. The normalized spacial score (nSPS) is 18.2. The molecule has 3 rings (SSSR count). The summed E-state index contributed by atoms with van der Waals surface area (Å²) in [5, 5.41) is 0. The third-order valence-electron chi connectivity index (χ3n) is 4.20. The number of rotatable bonds is 3. The second-order valence-corrected chi connectivity index (χ2v) is 7.91. The Labute approximate surface area is 177 Å². The van der Waals surface area contributed by atoms with Gasteiger partial charge in [-0.25, -0.2) is 0 Å². The first-order chi connectivity index (χ1) is 12.0. The number of hydrogen-bond donors (Lipinski definition) is 0. The van der Waals surface area contributed by atoms with Gasteiger partial charge >= 0.3 is 0 Å². The number of likely N-dealkylation sites (N-methyl/N-ethyl adjacent to an activating group) is 1. The Morgan fingerprint density at radius 2 is 1.38 bits per heavy atom. The Morgan fingerprint density at radius 3 is 1.77 bits per heavy atom. The molecule has 0 saturated carbocycles. The van der Waals surface area contributed by atoms with Crippen LogP contribution in [0.2, 0.25) is 0 Å². The molecule has 5 heteroatoms. The van der Waals surface area contributed by atoms with Gasteiger partial charge in [-0.05, 0) is 54.1 Å². The summed E-state index contributed by atoms with van der Waals surface area (Å²) in [4.78, 5) is 15.3. The van der Waals surface area contributed by atoms with Crippen molar-refractivity contribution in [2.45, 2.75) is 6.92 Å². The molecule has 0 amide bonds. The van der Waals surface area contributed by atoms with Crippen molar-refractivity contribution in [2.75, 3.05) is 19.6 Å². The van der Waals surface area contributed by atoms with Crippen LogP contribution in [0.4, 0.5) is 0 Å². The van der Waals surface area contributed by atoms with Crippen molar-refractivity contribution >= 4 is 62.2 Å². The quantitative estimate of drug-likeness (QED) is 0.485. The van der Waals surface area contributed by atoms with Crippen LogP contribution < -0.4 is 0 Å². The first kappa shape index (κ1) is 21.1. The molecule has 0 atom stereocenters. The van der Waals surface area contributed by atoms with E-state index in [2.05, 4.69) is 43.7 Å². The van der Waals surface area contributed by atoms with Gasteiger partial charge in [0, 0.05) is 33.2 Å². The van der Waals surface area contributed by atoms with E-state index < -0.39 is 0 Å². The van der Waals surface area contributed by atoms with E-state index >= 15 is 0 Å². The Balaban J connectivity index is 0.00000243. The molecular formula is C21H20Br2ClNO. The summed E-state index contributed by atoms with van der Waals surface area (Å²) in [6, 6.07) is 16.1. The molecule has 0 N–H and O–H groups in total. The van der Waals surface area contributed by atoms with Gasteiger partial charge in [0.15, 0.2) is 5.78 Å². The van der Waals surface area contributed by atoms with Crippen molar-refractivity contribution in [1.82, 2.24) is 4.90 Å². The Morgan fingerprint density at radius 1 is 0.923 bits per heavy atom. The predicted molar refractivity (Wildman–Crippen MR) is 119 cm³/mol. The van der Waals surface area contributed by atoms with E-state index in [1.165, 1.54) is 0 Å². The van der Waals surface area contributed by atoms with Crippen LogP contribution in [0.1, 0.15) is 18.1 Å². The minimum absolute atomic E-state index is 0. The number of likely N-dealkylation sites (tertiary alicyclic amines) is 1. The standard InChI is InChI=1S/C21H19Br2NO.ClH/c1-2-24-13-17(9-15-5-3-7-19(22)11-15)21(25)18(14-24)10-16-6-4-8-20(23)12-16;/h3-12H,2,13-14H2,1H3;1H. The molecule has 1 fully saturated rings. The first-order valence-electron chi connectivity index (χ1n) is 8.24. The SMILES string of the molecule is CCN1CC(=Cc2cccc(Br)c2)C(=O)C(=Cc2cccc(Br)c2)C1.Cl. The van der Waals surface area contributed by atoms with Gasteiger partial charge in [-0.1, -0.05) is 63.0 Å². The monoisotopic (exact) mass is 495 g/mol. The highest BCUT2D eigenvalue weighted by atomic mass is 79.9. The van der Waals surface area contributed by atoms with Crippen LogP contribution in [-0.2, 0) is 4.79 Å². The highest BCUT2D eigenvalue weighted by molar-refractivity contribution is 9.10. The largest absolute Gasteiger partial charge is 0.295 e. The summed E-state index contributed by atoms with van der Waals surface area (Å²) >= 11 is 6.98. The molecule has 2 aromatic rings. The maximum atomic E-state index is 13.0. The van der Waals surface area contributed by atoms with Crippen LogP contribution in [0, 0.1) is 0 Å². The average Bonchev–Trinajstić information content (AvgIpc) is 2.58. The molecule has 0 aliphatic carbocycles. The summed E-state index contributed by atoms with van der Waals surface area (Å²) in [6.45, 7) is 4.43. The lowest BCUT2D eigenvalue weighted by Crippen LogP contribution is -2.37. The predicted octanol–water partition coefficient (Wildman–Crippen LogP) is 6.01. The maximum Gasteiger partial charge on any atom is 0.187 e. The minimum atomic E-state index is 0. The van der Waals surface area contributed by atoms with E-state index in [4.69, 9.17) is 0 Å². The second kappa shape index (κ2) is 9.65. The van der Waals surface area contributed by atoms with Crippen molar-refractivity contribution in [3.05, 3.63) is 79.7 Å². The zero-order valence-electron chi connectivity index (χ0n) is 14.4. The molecule has 1 saturated heterocycles. The number of ketones is 1. The Hall–Kier alpha value is -1.20. The Kier molecular flexibility index (Phi) is 7.84. The van der Waals surface area contributed by atoms with E-state index in [1.54, 1.807) is 0 Å². The van der Waals surface area contributed by atoms with E-state index in [9.17, 15) is 4.79 Å². The molecule has 1 aliphatic rings. The zero-order valence-corrected chi connectivity index (χ0v) is 18.4. The highest BCUT2D eigenvalue weighted by Gasteiger charge is 2.25. The maximum absolute atomic E-state index is 13.0. The molecule has 0 radical (unpaired) electrons. The van der Waals surface area contributed by atoms with Crippen LogP contribution >= 0.6 is 44.3 Å². The van der Waals surface area contributed by atoms with Gasteiger partial charge in [-0.15, -0.1) is 12.4 Å². The summed E-state index contributed by atoms with van der Waals surface area (Å²) in [5.74, 6) is 0.143. The molecule has 0 aromatic heterocycles. The van der Waals surface area contributed by atoms with Gasteiger partial charge in [0.25, 0.3) is 0 Å². The number of benzene rings is 2. The molecule has 2 nitrogen and oxygen atoms in total. The van der Waals surface area contributed by atoms with Crippen LogP contribution in [0.25, 0.3) is 12.2 Å². The summed E-state index contributed by atoms with van der Waals surface area (Å²) < 4.78 is 2.03. The number of halogens is 3. The lowest BCUT2D eigenvalue weighted by Gasteiger charge is -2.28. The molecule has 2 aromatic carbocycles. The molecule has 136 valence electrons. The van der Waals surface area contributed by atoms with E-state index in [0.29, 0.717) is 13.1 Å². The number of carbonyl (C=O) groups is 1. The minimum Gasteiger partial charge on any atom is -0.295 e. The third-order valence-corrected chi connectivity index (χ3v) is 5.18. The van der Waals surface area contributed by atoms with Crippen LogP contribution in [0.5, 0.6) is 0 Å². The third kappa shape index (κ3) is 5.40. The van der Waals surface area contributed by atoms with Crippen molar-refractivity contribution in [1.29, 1.82) is 0 Å². The van der Waals surface area contributed by atoms with Crippen molar-refractivity contribution in [3.63, 3.8) is 0 Å². The molecule has 1 heterocycles.